The molecule has 0 radical (unpaired) electrons. The third-order valence-electron chi connectivity index (χ3n) is 6.47. The Bertz CT molecular complexity index is 1090. The molecule has 0 aliphatic carbocycles. The van der Waals surface area contributed by atoms with Gasteiger partial charge in [-0.1, -0.05) is 24.3 Å². The number of carbonyl (C=O) groups is 1. The molecule has 7 nitrogen and oxygen atoms in total. The fourth-order valence-corrected chi connectivity index (χ4v) is 6.05. The van der Waals surface area contributed by atoms with Gasteiger partial charge in [0.15, 0.2) is 0 Å². The lowest BCUT2D eigenvalue weighted by molar-refractivity contribution is -0.126. The van der Waals surface area contributed by atoms with Crippen LogP contribution in [-0.4, -0.2) is 62.4 Å². The number of carbonyl (C=O) groups excluding carboxylic acids is 1. The molecule has 2 heterocycles. The van der Waals surface area contributed by atoms with Crippen molar-refractivity contribution in [1.29, 1.82) is 0 Å². The van der Waals surface area contributed by atoms with E-state index in [1.807, 2.05) is 12.1 Å². The predicted molar refractivity (Wildman–Crippen MR) is 127 cm³/mol. The van der Waals surface area contributed by atoms with E-state index in [9.17, 15) is 17.6 Å². The number of ether oxygens (including phenoxy) is 1. The molecule has 4 rings (SSSR count). The van der Waals surface area contributed by atoms with Crippen molar-refractivity contribution in [1.82, 2.24) is 14.5 Å². The van der Waals surface area contributed by atoms with E-state index in [1.165, 1.54) is 22.0 Å². The van der Waals surface area contributed by atoms with Gasteiger partial charge in [0.1, 0.15) is 5.82 Å². The minimum absolute atomic E-state index is 0.0498. The van der Waals surface area contributed by atoms with Gasteiger partial charge in [-0.3, -0.25) is 9.69 Å². The van der Waals surface area contributed by atoms with Gasteiger partial charge in [0.2, 0.25) is 15.9 Å². The van der Waals surface area contributed by atoms with Crippen molar-refractivity contribution in [2.24, 2.45) is 5.92 Å². The maximum Gasteiger partial charge on any atom is 0.243 e. The SMILES string of the molecule is CC1CN(Cc2cccc(CNC(=O)C3CCN(S(=O)(=O)c4ccc(F)cc4)CC3)c2)CCO1. The normalized spacial score (nSPS) is 20.8. The summed E-state index contributed by atoms with van der Waals surface area (Å²) in [6, 6.07) is 13.1. The largest absolute Gasteiger partial charge is 0.376 e. The Kier molecular flexibility index (Phi) is 7.98. The van der Waals surface area contributed by atoms with Crippen LogP contribution in [0.3, 0.4) is 0 Å². The zero-order chi connectivity index (χ0) is 24.1. The molecule has 2 aliphatic rings. The first-order valence-electron chi connectivity index (χ1n) is 11.8. The van der Waals surface area contributed by atoms with Crippen molar-refractivity contribution in [2.45, 2.75) is 43.9 Å². The number of nitrogens with one attached hydrogen (secondary N) is 1. The maximum atomic E-state index is 13.1. The average molecular weight is 490 g/mol. The summed E-state index contributed by atoms with van der Waals surface area (Å²) in [6.45, 7) is 6.51. The second-order valence-corrected chi connectivity index (χ2v) is 11.0. The first kappa shape index (κ1) is 24.8. The Morgan fingerprint density at radius 1 is 1.09 bits per heavy atom. The summed E-state index contributed by atoms with van der Waals surface area (Å²) < 4.78 is 45.7. The highest BCUT2D eigenvalue weighted by Crippen LogP contribution is 2.24. The van der Waals surface area contributed by atoms with Crippen molar-refractivity contribution in [3.8, 4) is 0 Å². The van der Waals surface area contributed by atoms with Gasteiger partial charge in [-0.15, -0.1) is 0 Å². The molecule has 2 aromatic rings. The molecule has 2 aromatic carbocycles. The fraction of sp³-hybridized carbons (Fsp3) is 0.480. The summed E-state index contributed by atoms with van der Waals surface area (Å²) in [7, 11) is -3.68. The van der Waals surface area contributed by atoms with E-state index in [4.69, 9.17) is 4.74 Å². The van der Waals surface area contributed by atoms with Crippen molar-refractivity contribution in [2.75, 3.05) is 32.8 Å². The number of halogens is 1. The molecule has 1 unspecified atom stereocenters. The maximum absolute atomic E-state index is 13.1. The molecule has 0 spiro atoms. The third-order valence-corrected chi connectivity index (χ3v) is 8.38. The second-order valence-electron chi connectivity index (χ2n) is 9.09. The molecule has 1 atom stereocenters. The summed E-state index contributed by atoms with van der Waals surface area (Å²) in [6.07, 6.45) is 1.16. The minimum atomic E-state index is -3.68. The smallest absolute Gasteiger partial charge is 0.243 e. The minimum Gasteiger partial charge on any atom is -0.376 e. The number of rotatable bonds is 7. The summed E-state index contributed by atoms with van der Waals surface area (Å²) in [5.41, 5.74) is 2.25. The van der Waals surface area contributed by atoms with Crippen LogP contribution in [0.2, 0.25) is 0 Å². The Hall–Kier alpha value is -2.33. The van der Waals surface area contributed by atoms with E-state index < -0.39 is 15.8 Å². The van der Waals surface area contributed by atoms with Gasteiger partial charge in [0, 0.05) is 45.2 Å². The number of hydrogen-bond acceptors (Lipinski definition) is 5. The highest BCUT2D eigenvalue weighted by Gasteiger charge is 2.32. The average Bonchev–Trinajstić information content (AvgIpc) is 2.83. The van der Waals surface area contributed by atoms with Crippen LogP contribution in [0.25, 0.3) is 0 Å². The lowest BCUT2D eigenvalue weighted by atomic mass is 9.97. The number of piperidine rings is 1. The zero-order valence-corrected chi connectivity index (χ0v) is 20.3. The molecule has 2 aliphatic heterocycles. The summed E-state index contributed by atoms with van der Waals surface area (Å²) in [4.78, 5) is 15.2. The van der Waals surface area contributed by atoms with E-state index in [0.29, 0.717) is 19.4 Å². The van der Waals surface area contributed by atoms with Crippen molar-refractivity contribution in [3.05, 3.63) is 65.5 Å². The number of nitrogens with zero attached hydrogens (tertiary/aromatic N) is 2. The number of sulfonamides is 1. The Labute approximate surface area is 200 Å². The Balaban J connectivity index is 1.26. The molecule has 34 heavy (non-hydrogen) atoms. The van der Waals surface area contributed by atoms with E-state index in [-0.39, 0.29) is 35.9 Å². The van der Waals surface area contributed by atoms with Crippen LogP contribution < -0.4 is 5.32 Å². The summed E-state index contributed by atoms with van der Waals surface area (Å²) in [5.74, 6) is -0.750. The molecule has 0 aromatic heterocycles. The molecule has 184 valence electrons. The number of benzene rings is 2. The van der Waals surface area contributed by atoms with Crippen molar-refractivity contribution in [3.63, 3.8) is 0 Å². The Morgan fingerprint density at radius 3 is 2.50 bits per heavy atom. The van der Waals surface area contributed by atoms with Gasteiger partial charge in [0.05, 0.1) is 17.6 Å². The molecular formula is C25H32FN3O4S. The molecule has 1 amide bonds. The standard InChI is InChI=1S/C25H32FN3O4S/c1-19-17-28(13-14-33-19)18-21-4-2-3-20(15-21)16-27-25(30)22-9-11-29(12-10-22)34(31,32)24-7-5-23(26)6-8-24/h2-8,15,19,22H,9-14,16-18H2,1H3,(H,27,30). The predicted octanol–water partition coefficient (Wildman–Crippen LogP) is 2.76. The Morgan fingerprint density at radius 2 is 1.79 bits per heavy atom. The van der Waals surface area contributed by atoms with Gasteiger partial charge in [0.25, 0.3) is 0 Å². The van der Waals surface area contributed by atoms with Gasteiger partial charge in [-0.2, -0.15) is 4.31 Å². The van der Waals surface area contributed by atoms with Gasteiger partial charge < -0.3 is 10.1 Å². The quantitative estimate of drug-likeness (QED) is 0.647. The molecule has 0 bridgehead atoms. The van der Waals surface area contributed by atoms with E-state index in [2.05, 4.69) is 29.3 Å². The first-order chi connectivity index (χ1) is 16.3. The summed E-state index contributed by atoms with van der Waals surface area (Å²) in [5, 5.41) is 3.02. The number of amides is 1. The highest BCUT2D eigenvalue weighted by molar-refractivity contribution is 7.89. The molecule has 2 saturated heterocycles. The van der Waals surface area contributed by atoms with E-state index in [0.717, 1.165) is 43.9 Å². The third kappa shape index (κ3) is 6.21. The van der Waals surface area contributed by atoms with Crippen LogP contribution in [-0.2, 0) is 32.6 Å². The number of morpholine rings is 1. The van der Waals surface area contributed by atoms with Crippen LogP contribution in [0.15, 0.2) is 53.4 Å². The van der Waals surface area contributed by atoms with Crippen molar-refractivity contribution < 1.29 is 22.3 Å². The van der Waals surface area contributed by atoms with E-state index >= 15 is 0 Å². The lowest BCUT2D eigenvalue weighted by Gasteiger charge is -2.31. The zero-order valence-electron chi connectivity index (χ0n) is 19.5. The fourth-order valence-electron chi connectivity index (χ4n) is 4.58. The van der Waals surface area contributed by atoms with Crippen LogP contribution in [0.1, 0.15) is 30.9 Å². The lowest BCUT2D eigenvalue weighted by Crippen LogP contribution is -2.42. The van der Waals surface area contributed by atoms with Crippen LogP contribution in [0, 0.1) is 11.7 Å². The molecule has 0 saturated carbocycles. The molecule has 2 fully saturated rings. The first-order valence-corrected chi connectivity index (χ1v) is 13.2. The monoisotopic (exact) mass is 489 g/mol. The van der Waals surface area contributed by atoms with Crippen molar-refractivity contribution >= 4 is 15.9 Å². The van der Waals surface area contributed by atoms with Crippen LogP contribution in [0.5, 0.6) is 0 Å². The van der Waals surface area contributed by atoms with Crippen LogP contribution >= 0.6 is 0 Å². The van der Waals surface area contributed by atoms with Gasteiger partial charge in [-0.05, 0) is 55.2 Å². The van der Waals surface area contributed by atoms with Crippen LogP contribution in [0.4, 0.5) is 4.39 Å². The van der Waals surface area contributed by atoms with E-state index in [1.54, 1.807) is 0 Å². The second kappa shape index (κ2) is 10.9. The number of hydrogen-bond donors (Lipinski definition) is 1. The summed E-state index contributed by atoms with van der Waals surface area (Å²) >= 11 is 0. The van der Waals surface area contributed by atoms with Gasteiger partial charge >= 0.3 is 0 Å². The molecule has 1 N–H and O–H groups in total. The topological polar surface area (TPSA) is 79.0 Å². The van der Waals surface area contributed by atoms with Gasteiger partial charge in [-0.25, -0.2) is 12.8 Å². The molecule has 9 heteroatoms. The molecular weight excluding hydrogens is 457 g/mol. The highest BCUT2D eigenvalue weighted by atomic mass is 32.2.